The van der Waals surface area contributed by atoms with Crippen LogP contribution in [-0.4, -0.2) is 50.7 Å². The first-order valence-electron chi connectivity index (χ1n) is 7.37. The molecule has 1 heterocycles. The third kappa shape index (κ3) is 4.23. The summed E-state index contributed by atoms with van der Waals surface area (Å²) in [5, 5.41) is 7.20. The number of nitrogens with one attached hydrogen (secondary N) is 2. The molecule has 2 fully saturated rings. The predicted octanol–water partition coefficient (Wildman–Crippen LogP) is 1.45. The molecule has 1 aliphatic carbocycles. The molecule has 0 radical (unpaired) electrons. The highest BCUT2D eigenvalue weighted by Gasteiger charge is 2.22. The minimum Gasteiger partial charge on any atom is -0.317 e. The van der Waals surface area contributed by atoms with Gasteiger partial charge < -0.3 is 15.5 Å². The molecule has 0 aromatic heterocycles. The van der Waals surface area contributed by atoms with Crippen LogP contribution < -0.4 is 10.6 Å². The Morgan fingerprint density at radius 1 is 1.06 bits per heavy atom. The number of likely N-dealkylation sites (tertiary alicyclic amines) is 1. The number of likely N-dealkylation sites (N-methyl/N-ethyl adjacent to an activating group) is 1. The lowest BCUT2D eigenvalue weighted by Gasteiger charge is -2.33. The van der Waals surface area contributed by atoms with E-state index < -0.39 is 0 Å². The van der Waals surface area contributed by atoms with Crippen molar-refractivity contribution < 1.29 is 0 Å². The van der Waals surface area contributed by atoms with Crippen molar-refractivity contribution in [3.63, 3.8) is 0 Å². The molecule has 1 saturated heterocycles. The van der Waals surface area contributed by atoms with Crippen molar-refractivity contribution >= 4 is 0 Å². The highest BCUT2D eigenvalue weighted by molar-refractivity contribution is 4.81. The van der Waals surface area contributed by atoms with Crippen molar-refractivity contribution in [1.82, 2.24) is 15.5 Å². The molecule has 0 bridgehead atoms. The number of nitrogens with zero attached hydrogens (tertiary/aromatic N) is 1. The second kappa shape index (κ2) is 6.72. The van der Waals surface area contributed by atoms with Crippen LogP contribution in [0, 0.1) is 5.92 Å². The van der Waals surface area contributed by atoms with Crippen molar-refractivity contribution in [3.05, 3.63) is 0 Å². The third-order valence-corrected chi connectivity index (χ3v) is 4.57. The van der Waals surface area contributed by atoms with E-state index in [1.807, 2.05) is 0 Å². The predicted molar refractivity (Wildman–Crippen MR) is 73.3 cm³/mol. The molecule has 2 rings (SSSR count). The lowest BCUT2D eigenvalue weighted by atomic mass is 9.86. The van der Waals surface area contributed by atoms with E-state index in [2.05, 4.69) is 29.6 Å². The highest BCUT2D eigenvalue weighted by Crippen LogP contribution is 2.23. The quantitative estimate of drug-likeness (QED) is 0.777. The molecule has 1 aliphatic heterocycles. The van der Waals surface area contributed by atoms with Crippen molar-refractivity contribution in [1.29, 1.82) is 0 Å². The lowest BCUT2D eigenvalue weighted by Crippen LogP contribution is -2.46. The SMILES string of the molecule is CNC1CCC(CNC2CCCN(C)C2)CC1. The van der Waals surface area contributed by atoms with Crippen LogP contribution in [0.3, 0.4) is 0 Å². The standard InChI is InChI=1S/C14H29N3/c1-15-13-7-5-12(6-8-13)10-16-14-4-3-9-17(2)11-14/h12-16H,3-11H2,1-2H3. The van der Waals surface area contributed by atoms with Crippen LogP contribution in [0.5, 0.6) is 0 Å². The zero-order valence-corrected chi connectivity index (χ0v) is 11.5. The molecule has 0 aromatic rings. The van der Waals surface area contributed by atoms with E-state index in [1.54, 1.807) is 0 Å². The Bertz CT molecular complexity index is 212. The summed E-state index contributed by atoms with van der Waals surface area (Å²) in [5.41, 5.74) is 0. The fourth-order valence-electron chi connectivity index (χ4n) is 3.32. The summed E-state index contributed by atoms with van der Waals surface area (Å²) in [5.74, 6) is 0.923. The second-order valence-corrected chi connectivity index (χ2v) is 6.02. The van der Waals surface area contributed by atoms with Crippen LogP contribution in [0.2, 0.25) is 0 Å². The summed E-state index contributed by atoms with van der Waals surface area (Å²) in [7, 11) is 4.34. The number of hydrogen-bond acceptors (Lipinski definition) is 3. The van der Waals surface area contributed by atoms with Crippen LogP contribution in [0.15, 0.2) is 0 Å². The van der Waals surface area contributed by atoms with Gasteiger partial charge in [0.2, 0.25) is 0 Å². The van der Waals surface area contributed by atoms with Gasteiger partial charge in [-0.25, -0.2) is 0 Å². The number of hydrogen-bond donors (Lipinski definition) is 2. The average Bonchev–Trinajstić information content (AvgIpc) is 2.37. The van der Waals surface area contributed by atoms with Gasteiger partial charge in [-0.1, -0.05) is 0 Å². The zero-order chi connectivity index (χ0) is 12.1. The first kappa shape index (κ1) is 13.3. The minimum absolute atomic E-state index is 0.746. The van der Waals surface area contributed by atoms with E-state index in [0.29, 0.717) is 0 Å². The minimum atomic E-state index is 0.746. The zero-order valence-electron chi connectivity index (χ0n) is 11.5. The maximum absolute atomic E-state index is 3.79. The van der Waals surface area contributed by atoms with Gasteiger partial charge >= 0.3 is 0 Å². The van der Waals surface area contributed by atoms with Gasteiger partial charge in [-0.2, -0.15) is 0 Å². The summed E-state index contributed by atoms with van der Waals surface area (Å²) in [6, 6.07) is 1.53. The van der Waals surface area contributed by atoms with Crippen molar-refractivity contribution in [3.8, 4) is 0 Å². The van der Waals surface area contributed by atoms with Crippen LogP contribution in [0.1, 0.15) is 38.5 Å². The van der Waals surface area contributed by atoms with Gasteiger partial charge in [-0.15, -0.1) is 0 Å². The number of piperidine rings is 1. The van der Waals surface area contributed by atoms with Gasteiger partial charge in [0.15, 0.2) is 0 Å². The molecule has 3 nitrogen and oxygen atoms in total. The maximum atomic E-state index is 3.79. The van der Waals surface area contributed by atoms with Crippen LogP contribution in [0.25, 0.3) is 0 Å². The molecule has 0 aromatic carbocycles. The van der Waals surface area contributed by atoms with Gasteiger partial charge in [-0.3, -0.25) is 0 Å². The largest absolute Gasteiger partial charge is 0.317 e. The molecule has 3 heteroatoms. The fourth-order valence-corrected chi connectivity index (χ4v) is 3.32. The van der Waals surface area contributed by atoms with E-state index in [0.717, 1.165) is 18.0 Å². The Morgan fingerprint density at radius 3 is 2.47 bits per heavy atom. The Labute approximate surface area is 106 Å². The smallest absolute Gasteiger partial charge is 0.0195 e. The van der Waals surface area contributed by atoms with Crippen molar-refractivity contribution in [2.45, 2.75) is 50.6 Å². The summed E-state index contributed by atoms with van der Waals surface area (Å²) in [4.78, 5) is 2.46. The van der Waals surface area contributed by atoms with Crippen molar-refractivity contribution in [2.24, 2.45) is 5.92 Å². The van der Waals surface area contributed by atoms with Gasteiger partial charge in [0.05, 0.1) is 0 Å². The topological polar surface area (TPSA) is 27.3 Å². The summed E-state index contributed by atoms with van der Waals surface area (Å²) >= 11 is 0. The number of rotatable bonds is 4. The first-order valence-corrected chi connectivity index (χ1v) is 7.37. The van der Waals surface area contributed by atoms with E-state index in [9.17, 15) is 0 Å². The molecule has 1 unspecified atom stereocenters. The van der Waals surface area contributed by atoms with Gasteiger partial charge in [0, 0.05) is 18.6 Å². The highest BCUT2D eigenvalue weighted by atomic mass is 15.1. The Kier molecular flexibility index (Phi) is 5.26. The van der Waals surface area contributed by atoms with E-state index in [-0.39, 0.29) is 0 Å². The van der Waals surface area contributed by atoms with Gasteiger partial charge in [0.25, 0.3) is 0 Å². The molecule has 2 aliphatic rings. The maximum Gasteiger partial charge on any atom is 0.0195 e. The molecule has 1 saturated carbocycles. The molecule has 0 spiro atoms. The Balaban J connectivity index is 1.62. The third-order valence-electron chi connectivity index (χ3n) is 4.57. The van der Waals surface area contributed by atoms with Gasteiger partial charge in [0.1, 0.15) is 0 Å². The molecule has 0 amide bonds. The Morgan fingerprint density at radius 2 is 1.82 bits per heavy atom. The molecule has 17 heavy (non-hydrogen) atoms. The average molecular weight is 239 g/mol. The van der Waals surface area contributed by atoms with E-state index in [4.69, 9.17) is 0 Å². The van der Waals surface area contributed by atoms with Crippen molar-refractivity contribution in [2.75, 3.05) is 33.7 Å². The van der Waals surface area contributed by atoms with E-state index >= 15 is 0 Å². The lowest BCUT2D eigenvalue weighted by molar-refractivity contribution is 0.211. The summed E-state index contributed by atoms with van der Waals surface area (Å²) in [6.07, 6.45) is 8.28. The monoisotopic (exact) mass is 239 g/mol. The molecule has 2 N–H and O–H groups in total. The molecule has 100 valence electrons. The molecular weight excluding hydrogens is 210 g/mol. The van der Waals surface area contributed by atoms with Crippen LogP contribution in [-0.2, 0) is 0 Å². The van der Waals surface area contributed by atoms with E-state index in [1.165, 1.54) is 58.2 Å². The molecular formula is C14H29N3. The normalized spacial score (nSPS) is 36.0. The second-order valence-electron chi connectivity index (χ2n) is 6.02. The Hall–Kier alpha value is -0.120. The summed E-state index contributed by atoms with van der Waals surface area (Å²) in [6.45, 7) is 3.77. The summed E-state index contributed by atoms with van der Waals surface area (Å²) < 4.78 is 0. The van der Waals surface area contributed by atoms with Crippen LogP contribution in [0.4, 0.5) is 0 Å². The molecule has 1 atom stereocenters. The van der Waals surface area contributed by atoms with Crippen LogP contribution >= 0.6 is 0 Å². The van der Waals surface area contributed by atoms with Gasteiger partial charge in [-0.05, 0) is 71.6 Å². The fraction of sp³-hybridized carbons (Fsp3) is 1.00. The first-order chi connectivity index (χ1) is 8.28.